The molecule has 2 aromatic heterocycles. The Kier molecular flexibility index (Phi) is 4.37. The van der Waals surface area contributed by atoms with Gasteiger partial charge in [-0.2, -0.15) is 0 Å². The van der Waals surface area contributed by atoms with Crippen LogP contribution in [0.1, 0.15) is 23.0 Å². The van der Waals surface area contributed by atoms with Crippen LogP contribution < -0.4 is 16.2 Å². The van der Waals surface area contributed by atoms with E-state index >= 15 is 0 Å². The van der Waals surface area contributed by atoms with E-state index in [1.165, 1.54) is 10.6 Å². The second kappa shape index (κ2) is 6.85. The minimum absolute atomic E-state index is 0.181. The number of aryl methyl sites for hydroxylation is 2. The fourth-order valence-electron chi connectivity index (χ4n) is 2.87. The van der Waals surface area contributed by atoms with Crippen LogP contribution in [0.5, 0.6) is 0 Å². The van der Waals surface area contributed by atoms with Gasteiger partial charge in [0.15, 0.2) is 6.17 Å². The van der Waals surface area contributed by atoms with E-state index in [4.69, 9.17) is 11.6 Å². The van der Waals surface area contributed by atoms with Gasteiger partial charge in [0.1, 0.15) is 0 Å². The monoisotopic (exact) mass is 380 g/mol. The number of hydrogen-bond donors (Lipinski definition) is 2. The largest absolute Gasteiger partial charge is 0.326 e. The highest BCUT2D eigenvalue weighted by Crippen LogP contribution is 2.26. The van der Waals surface area contributed by atoms with Gasteiger partial charge in [0.05, 0.1) is 0 Å². The molecular formula is C19H17ClN6O. The van der Waals surface area contributed by atoms with Gasteiger partial charge < -0.3 is 5.32 Å². The maximum atomic E-state index is 12.6. The summed E-state index contributed by atoms with van der Waals surface area (Å²) in [5, 5.41) is 6.95. The van der Waals surface area contributed by atoms with Gasteiger partial charge in [0.25, 0.3) is 5.56 Å². The third-order valence-electron chi connectivity index (χ3n) is 4.22. The second-order valence-corrected chi connectivity index (χ2v) is 6.69. The number of halogens is 1. The molecule has 0 aliphatic carbocycles. The Balaban J connectivity index is 1.78. The molecule has 0 saturated heterocycles. The molecule has 3 aromatic rings. The van der Waals surface area contributed by atoms with Crippen LogP contribution in [0.4, 0.5) is 11.6 Å². The number of rotatable bonds is 2. The Morgan fingerprint density at radius 3 is 2.81 bits per heavy atom. The van der Waals surface area contributed by atoms with E-state index in [0.717, 1.165) is 16.8 Å². The van der Waals surface area contributed by atoms with Crippen molar-refractivity contribution >= 4 is 29.2 Å². The molecule has 8 heteroatoms. The molecule has 0 unspecified atom stereocenters. The van der Waals surface area contributed by atoms with Crippen molar-refractivity contribution in [2.24, 2.45) is 4.99 Å². The zero-order chi connectivity index (χ0) is 19.0. The fraction of sp³-hybridized carbons (Fsp3) is 0.158. The summed E-state index contributed by atoms with van der Waals surface area (Å²) >= 11 is 6.21. The topological polar surface area (TPSA) is 84.2 Å². The molecule has 0 saturated carbocycles. The van der Waals surface area contributed by atoms with Crippen molar-refractivity contribution in [3.63, 3.8) is 0 Å². The van der Waals surface area contributed by atoms with Gasteiger partial charge in [-0.3, -0.25) is 19.7 Å². The molecular weight excluding hydrogens is 364 g/mol. The van der Waals surface area contributed by atoms with Gasteiger partial charge in [-0.1, -0.05) is 23.7 Å². The SMILES string of the molecule is Cc1cc(=O)n2c(n1)NC(Nc1ccc(C)c(Cl)c1)=N[C@H]2c1cccnc1. The molecule has 1 aliphatic heterocycles. The van der Waals surface area contributed by atoms with Gasteiger partial charge in [-0.25, -0.2) is 9.98 Å². The molecule has 0 fully saturated rings. The van der Waals surface area contributed by atoms with Crippen LogP contribution in [0, 0.1) is 13.8 Å². The third-order valence-corrected chi connectivity index (χ3v) is 4.63. The Morgan fingerprint density at radius 2 is 2.07 bits per heavy atom. The number of nitrogens with one attached hydrogen (secondary N) is 2. The van der Waals surface area contributed by atoms with Crippen LogP contribution in [0.25, 0.3) is 0 Å². The quantitative estimate of drug-likeness (QED) is 0.712. The average Bonchev–Trinajstić information content (AvgIpc) is 2.64. The van der Waals surface area contributed by atoms with Crippen molar-refractivity contribution in [1.82, 2.24) is 14.5 Å². The normalized spacial score (nSPS) is 15.5. The lowest BCUT2D eigenvalue weighted by molar-refractivity contribution is 0.575. The molecule has 3 heterocycles. The van der Waals surface area contributed by atoms with Crippen molar-refractivity contribution in [3.05, 3.63) is 81.0 Å². The van der Waals surface area contributed by atoms with Gasteiger partial charge >= 0.3 is 0 Å². The molecule has 2 N–H and O–H groups in total. The molecule has 7 nitrogen and oxygen atoms in total. The Morgan fingerprint density at radius 1 is 1.22 bits per heavy atom. The average molecular weight is 381 g/mol. The second-order valence-electron chi connectivity index (χ2n) is 6.28. The van der Waals surface area contributed by atoms with Crippen molar-refractivity contribution < 1.29 is 0 Å². The molecule has 1 aromatic carbocycles. The summed E-state index contributed by atoms with van der Waals surface area (Å²) in [5.41, 5.74) is 3.01. The molecule has 1 atom stereocenters. The number of benzene rings is 1. The number of guanidine groups is 1. The number of aliphatic imine (C=N–C) groups is 1. The molecule has 0 radical (unpaired) electrons. The summed E-state index contributed by atoms with van der Waals surface area (Å²) in [5.74, 6) is 0.894. The van der Waals surface area contributed by atoms with E-state index in [2.05, 4.69) is 25.6 Å². The van der Waals surface area contributed by atoms with Gasteiger partial charge in [0.2, 0.25) is 11.9 Å². The molecule has 136 valence electrons. The maximum absolute atomic E-state index is 12.6. The first kappa shape index (κ1) is 17.2. The summed E-state index contributed by atoms with van der Waals surface area (Å²) in [6.07, 6.45) is 2.80. The van der Waals surface area contributed by atoms with Gasteiger partial charge in [-0.15, -0.1) is 0 Å². The minimum Gasteiger partial charge on any atom is -0.326 e. The predicted molar refractivity (Wildman–Crippen MR) is 106 cm³/mol. The number of hydrogen-bond acceptors (Lipinski definition) is 6. The van der Waals surface area contributed by atoms with Crippen molar-refractivity contribution in [3.8, 4) is 0 Å². The zero-order valence-corrected chi connectivity index (χ0v) is 15.5. The minimum atomic E-state index is -0.570. The summed E-state index contributed by atoms with van der Waals surface area (Å²) in [7, 11) is 0. The standard InChI is InChI=1S/C19H17ClN6O/c1-11-5-6-14(9-15(11)20)23-18-24-17(13-4-3-7-21-10-13)26-16(27)8-12(2)22-19(26)25-18/h3-10,17H,1-2H3,(H2,22,23,24,25)/t17-/m1/s1. The van der Waals surface area contributed by atoms with Crippen LogP contribution >= 0.6 is 11.6 Å². The van der Waals surface area contributed by atoms with Crippen LogP contribution in [-0.4, -0.2) is 20.5 Å². The summed E-state index contributed by atoms with van der Waals surface area (Å²) in [6, 6.07) is 10.8. The summed E-state index contributed by atoms with van der Waals surface area (Å²) in [6.45, 7) is 3.72. The number of aromatic nitrogens is 3. The van der Waals surface area contributed by atoms with Crippen LogP contribution in [0.2, 0.25) is 5.02 Å². The lowest BCUT2D eigenvalue weighted by Crippen LogP contribution is -2.37. The fourth-order valence-corrected chi connectivity index (χ4v) is 3.05. The van der Waals surface area contributed by atoms with E-state index in [1.807, 2.05) is 37.3 Å². The highest BCUT2D eigenvalue weighted by atomic mass is 35.5. The molecule has 0 bridgehead atoms. The molecule has 4 rings (SSSR count). The van der Waals surface area contributed by atoms with Crippen molar-refractivity contribution in [2.45, 2.75) is 20.0 Å². The highest BCUT2D eigenvalue weighted by molar-refractivity contribution is 6.31. The molecule has 27 heavy (non-hydrogen) atoms. The Hall–Kier alpha value is -3.19. The maximum Gasteiger partial charge on any atom is 0.257 e. The van der Waals surface area contributed by atoms with Gasteiger partial charge in [-0.05, 0) is 37.6 Å². The lowest BCUT2D eigenvalue weighted by atomic mass is 10.2. The van der Waals surface area contributed by atoms with Crippen LogP contribution in [0.15, 0.2) is 58.6 Å². The molecule has 1 aliphatic rings. The third kappa shape index (κ3) is 3.41. The van der Waals surface area contributed by atoms with Crippen LogP contribution in [-0.2, 0) is 0 Å². The smallest absolute Gasteiger partial charge is 0.257 e. The zero-order valence-electron chi connectivity index (χ0n) is 14.8. The number of anilines is 2. The van der Waals surface area contributed by atoms with E-state index in [9.17, 15) is 4.79 Å². The number of nitrogens with zero attached hydrogens (tertiary/aromatic N) is 4. The first-order valence-corrected chi connectivity index (χ1v) is 8.77. The Labute approximate surface area is 160 Å². The van der Waals surface area contributed by atoms with Crippen molar-refractivity contribution in [1.29, 1.82) is 0 Å². The van der Waals surface area contributed by atoms with E-state index in [0.29, 0.717) is 22.6 Å². The lowest BCUT2D eigenvalue weighted by Gasteiger charge is -2.26. The first-order valence-electron chi connectivity index (χ1n) is 8.39. The van der Waals surface area contributed by atoms with E-state index in [1.54, 1.807) is 19.3 Å². The Bertz CT molecular complexity index is 1090. The van der Waals surface area contributed by atoms with Gasteiger partial charge in [0, 0.05) is 40.4 Å². The summed E-state index contributed by atoms with van der Waals surface area (Å²) in [4.78, 5) is 25.8. The van der Waals surface area contributed by atoms with Crippen LogP contribution in [0.3, 0.4) is 0 Å². The highest BCUT2D eigenvalue weighted by Gasteiger charge is 2.25. The van der Waals surface area contributed by atoms with E-state index in [-0.39, 0.29) is 5.56 Å². The number of fused-ring (bicyclic) bond motifs is 1. The van der Waals surface area contributed by atoms with Crippen molar-refractivity contribution in [2.75, 3.05) is 10.6 Å². The van der Waals surface area contributed by atoms with E-state index < -0.39 is 6.17 Å². The first-order chi connectivity index (χ1) is 13.0. The number of pyridine rings is 1. The predicted octanol–water partition coefficient (Wildman–Crippen LogP) is 3.35. The molecule has 0 spiro atoms. The summed E-state index contributed by atoms with van der Waals surface area (Å²) < 4.78 is 1.51. The molecule has 0 amide bonds.